The summed E-state index contributed by atoms with van der Waals surface area (Å²) in [7, 11) is 0. The minimum atomic E-state index is -0.733. The molecule has 0 spiro atoms. The van der Waals surface area contributed by atoms with Crippen LogP contribution in [0.15, 0.2) is 72.8 Å². The summed E-state index contributed by atoms with van der Waals surface area (Å²) in [6.07, 6.45) is 11.5. The number of carbonyl (C=O) groups is 1. The summed E-state index contributed by atoms with van der Waals surface area (Å²) < 4.78 is 8.25. The highest BCUT2D eigenvalue weighted by molar-refractivity contribution is 5.88. The first-order chi connectivity index (χ1) is 15.2. The molecule has 0 atom stereocenters. The van der Waals surface area contributed by atoms with E-state index < -0.39 is 5.97 Å². The molecule has 0 bridgehead atoms. The van der Waals surface area contributed by atoms with Crippen molar-refractivity contribution in [2.75, 3.05) is 19.7 Å². The Labute approximate surface area is 183 Å². The molecule has 0 aliphatic carbocycles. The molecule has 0 fully saturated rings. The standard InChI is InChI=1S/C25H31N3O3/c29-25(30)13-3-1-2-8-21(18-26-14-7-16-28-17-15-27-20-28)19-31-24-12-6-10-22-9-4-5-11-23(22)24/h4-6,8-12,15,17,20,26H,1-3,7,13-14,16,18-19H2,(H,29,30)/b21-8-. The number of aliphatic carboxylic acids is 1. The Bertz CT molecular complexity index is 962. The zero-order valence-corrected chi connectivity index (χ0v) is 17.9. The Morgan fingerprint density at radius 2 is 2.00 bits per heavy atom. The molecule has 0 amide bonds. The monoisotopic (exact) mass is 421 g/mol. The van der Waals surface area contributed by atoms with Gasteiger partial charge < -0.3 is 19.7 Å². The first kappa shape index (κ1) is 22.6. The molecule has 164 valence electrons. The number of nitrogens with one attached hydrogen (secondary N) is 1. The van der Waals surface area contributed by atoms with Crippen LogP contribution < -0.4 is 10.1 Å². The summed E-state index contributed by atoms with van der Waals surface area (Å²) in [4.78, 5) is 14.8. The molecule has 3 aromatic rings. The van der Waals surface area contributed by atoms with Crippen molar-refractivity contribution in [2.24, 2.45) is 0 Å². The molecule has 0 saturated heterocycles. The van der Waals surface area contributed by atoms with Crippen molar-refractivity contribution in [3.8, 4) is 5.75 Å². The van der Waals surface area contributed by atoms with Gasteiger partial charge in [-0.1, -0.05) is 42.5 Å². The molecule has 0 radical (unpaired) electrons. The summed E-state index contributed by atoms with van der Waals surface area (Å²) in [6.45, 7) is 3.12. The Morgan fingerprint density at radius 1 is 1.13 bits per heavy atom. The van der Waals surface area contributed by atoms with Crippen molar-refractivity contribution in [3.63, 3.8) is 0 Å². The van der Waals surface area contributed by atoms with Gasteiger partial charge in [0.15, 0.2) is 0 Å². The third kappa shape index (κ3) is 7.90. The molecule has 6 heteroatoms. The van der Waals surface area contributed by atoms with E-state index in [0.717, 1.165) is 55.4 Å². The van der Waals surface area contributed by atoms with E-state index >= 15 is 0 Å². The maximum absolute atomic E-state index is 10.7. The highest BCUT2D eigenvalue weighted by atomic mass is 16.5. The third-order valence-electron chi connectivity index (χ3n) is 5.12. The second kappa shape index (κ2) is 12.5. The molecule has 2 aromatic carbocycles. The molecule has 0 unspecified atom stereocenters. The van der Waals surface area contributed by atoms with E-state index in [-0.39, 0.29) is 6.42 Å². The van der Waals surface area contributed by atoms with E-state index in [9.17, 15) is 4.79 Å². The van der Waals surface area contributed by atoms with Crippen LogP contribution in [0, 0.1) is 0 Å². The SMILES string of the molecule is O=C(O)CCCC/C=C(/CNCCCn1ccnc1)COc1cccc2ccccc12. The quantitative estimate of drug-likeness (QED) is 0.292. The largest absolute Gasteiger partial charge is 0.489 e. The molecule has 0 saturated carbocycles. The number of aromatic nitrogens is 2. The molecule has 2 N–H and O–H groups in total. The van der Waals surface area contributed by atoms with Crippen LogP contribution in [0.4, 0.5) is 0 Å². The van der Waals surface area contributed by atoms with E-state index in [4.69, 9.17) is 9.84 Å². The summed E-state index contributed by atoms with van der Waals surface area (Å²) in [5, 5.41) is 14.6. The van der Waals surface area contributed by atoms with Gasteiger partial charge in [0, 0.05) is 37.3 Å². The lowest BCUT2D eigenvalue weighted by Crippen LogP contribution is -2.22. The average molecular weight is 422 g/mol. The van der Waals surface area contributed by atoms with Crippen molar-refractivity contribution < 1.29 is 14.6 Å². The number of nitrogens with zero attached hydrogens (tertiary/aromatic N) is 2. The van der Waals surface area contributed by atoms with Crippen LogP contribution in [0.2, 0.25) is 0 Å². The molecule has 31 heavy (non-hydrogen) atoms. The average Bonchev–Trinajstić information content (AvgIpc) is 3.29. The zero-order valence-electron chi connectivity index (χ0n) is 17.9. The lowest BCUT2D eigenvalue weighted by molar-refractivity contribution is -0.137. The molecule has 1 aromatic heterocycles. The van der Waals surface area contributed by atoms with Crippen LogP contribution in [0.25, 0.3) is 10.8 Å². The molecule has 0 aliphatic rings. The maximum atomic E-state index is 10.7. The molecule has 3 rings (SSSR count). The van der Waals surface area contributed by atoms with Crippen LogP contribution in [-0.4, -0.2) is 40.3 Å². The summed E-state index contributed by atoms with van der Waals surface area (Å²) in [5.74, 6) is 0.151. The topological polar surface area (TPSA) is 76.4 Å². The van der Waals surface area contributed by atoms with Crippen LogP contribution >= 0.6 is 0 Å². The van der Waals surface area contributed by atoms with Crippen molar-refractivity contribution in [3.05, 3.63) is 72.8 Å². The summed E-state index contributed by atoms with van der Waals surface area (Å²) in [5.41, 5.74) is 1.19. The van der Waals surface area contributed by atoms with E-state index in [1.54, 1.807) is 6.20 Å². The Balaban J connectivity index is 1.51. The van der Waals surface area contributed by atoms with Crippen molar-refractivity contribution in [1.29, 1.82) is 0 Å². The van der Waals surface area contributed by atoms with E-state index in [2.05, 4.69) is 39.1 Å². The van der Waals surface area contributed by atoms with Gasteiger partial charge in [-0.3, -0.25) is 4.79 Å². The van der Waals surface area contributed by atoms with E-state index in [0.29, 0.717) is 13.0 Å². The number of aryl methyl sites for hydroxylation is 1. The van der Waals surface area contributed by atoms with Crippen molar-refractivity contribution in [1.82, 2.24) is 14.9 Å². The summed E-state index contributed by atoms with van der Waals surface area (Å²) >= 11 is 0. The van der Waals surface area contributed by atoms with E-state index in [1.165, 1.54) is 5.57 Å². The van der Waals surface area contributed by atoms with Crippen LogP contribution in [-0.2, 0) is 11.3 Å². The fourth-order valence-electron chi connectivity index (χ4n) is 3.46. The van der Waals surface area contributed by atoms with Gasteiger partial charge in [0.25, 0.3) is 0 Å². The second-order valence-corrected chi connectivity index (χ2v) is 7.60. The lowest BCUT2D eigenvalue weighted by Gasteiger charge is -2.13. The fraction of sp³-hybridized carbons (Fsp3) is 0.360. The number of hydrogen-bond acceptors (Lipinski definition) is 4. The van der Waals surface area contributed by atoms with Crippen LogP contribution in [0.3, 0.4) is 0 Å². The minimum absolute atomic E-state index is 0.224. The smallest absolute Gasteiger partial charge is 0.303 e. The predicted octanol–water partition coefficient (Wildman–Crippen LogP) is 4.67. The molecular formula is C25H31N3O3. The van der Waals surface area contributed by atoms with Crippen molar-refractivity contribution >= 4 is 16.7 Å². The number of carboxylic acid groups (broad SMARTS) is 1. The molecule has 6 nitrogen and oxygen atoms in total. The van der Waals surface area contributed by atoms with Gasteiger partial charge in [-0.2, -0.15) is 0 Å². The molecule has 1 heterocycles. The summed E-state index contributed by atoms with van der Waals surface area (Å²) in [6, 6.07) is 14.3. The normalized spacial score (nSPS) is 11.7. The van der Waals surface area contributed by atoms with Gasteiger partial charge in [0.2, 0.25) is 0 Å². The minimum Gasteiger partial charge on any atom is -0.489 e. The first-order valence-electron chi connectivity index (χ1n) is 10.9. The van der Waals surface area contributed by atoms with Gasteiger partial charge in [0.05, 0.1) is 6.33 Å². The Hall–Kier alpha value is -3.12. The van der Waals surface area contributed by atoms with Crippen LogP contribution in [0.1, 0.15) is 32.1 Å². The zero-order chi connectivity index (χ0) is 21.7. The van der Waals surface area contributed by atoms with E-state index in [1.807, 2.05) is 36.8 Å². The fourth-order valence-corrected chi connectivity index (χ4v) is 3.46. The number of fused-ring (bicyclic) bond motifs is 1. The van der Waals surface area contributed by atoms with Gasteiger partial charge in [-0.25, -0.2) is 4.98 Å². The van der Waals surface area contributed by atoms with Crippen LogP contribution in [0.5, 0.6) is 5.75 Å². The first-order valence-corrected chi connectivity index (χ1v) is 10.9. The maximum Gasteiger partial charge on any atom is 0.303 e. The number of imidazole rings is 1. The predicted molar refractivity (Wildman–Crippen MR) is 123 cm³/mol. The number of allylic oxidation sites excluding steroid dienone is 1. The highest BCUT2D eigenvalue weighted by Crippen LogP contribution is 2.25. The van der Waals surface area contributed by atoms with Gasteiger partial charge in [-0.15, -0.1) is 0 Å². The van der Waals surface area contributed by atoms with Gasteiger partial charge >= 0.3 is 5.97 Å². The number of carboxylic acids is 1. The number of rotatable bonds is 14. The number of unbranched alkanes of at least 4 members (excludes halogenated alkanes) is 2. The van der Waals surface area contributed by atoms with Gasteiger partial charge in [0.1, 0.15) is 12.4 Å². The van der Waals surface area contributed by atoms with Gasteiger partial charge in [-0.05, 0) is 49.3 Å². The number of hydrogen-bond donors (Lipinski definition) is 2. The Kier molecular flexibility index (Phi) is 9.13. The number of ether oxygens (including phenoxy) is 1. The number of benzene rings is 2. The lowest BCUT2D eigenvalue weighted by atomic mass is 10.1. The second-order valence-electron chi connectivity index (χ2n) is 7.60. The highest BCUT2D eigenvalue weighted by Gasteiger charge is 2.04. The molecular weight excluding hydrogens is 390 g/mol. The third-order valence-corrected chi connectivity index (χ3v) is 5.12. The Morgan fingerprint density at radius 3 is 2.84 bits per heavy atom. The molecule has 0 aliphatic heterocycles. The van der Waals surface area contributed by atoms with Crippen molar-refractivity contribution in [2.45, 2.75) is 38.6 Å².